The number of hydrogen-bond acceptors (Lipinski definition) is 4. The normalized spacial score (nSPS) is 10.7. The fourth-order valence-corrected chi connectivity index (χ4v) is 2.84. The van der Waals surface area contributed by atoms with Gasteiger partial charge in [0.05, 0.1) is 0 Å². The summed E-state index contributed by atoms with van der Waals surface area (Å²) in [6.07, 6.45) is 1.74. The van der Waals surface area contributed by atoms with Crippen LogP contribution in [-0.2, 0) is 0 Å². The summed E-state index contributed by atoms with van der Waals surface area (Å²) in [6.45, 7) is 4.36. The first-order valence-corrected chi connectivity index (χ1v) is 8.63. The van der Waals surface area contributed by atoms with Crippen molar-refractivity contribution in [1.29, 1.82) is 0 Å². The van der Waals surface area contributed by atoms with E-state index < -0.39 is 0 Å². The third kappa shape index (κ3) is 4.11. The second kappa shape index (κ2) is 7.45. The highest BCUT2D eigenvalue weighted by Crippen LogP contribution is 2.26. The average molecular weight is 383 g/mol. The van der Waals surface area contributed by atoms with Gasteiger partial charge in [-0.1, -0.05) is 54.0 Å². The van der Waals surface area contributed by atoms with Gasteiger partial charge in [0.25, 0.3) is 0 Å². The van der Waals surface area contributed by atoms with Crippen LogP contribution in [0.4, 0.5) is 23.1 Å². The lowest BCUT2D eigenvalue weighted by Crippen LogP contribution is -2.02. The van der Waals surface area contributed by atoms with Gasteiger partial charge < -0.3 is 10.6 Å². The molecule has 5 heteroatoms. The summed E-state index contributed by atoms with van der Waals surface area (Å²) in [5.74, 6) is 1.76. The van der Waals surface area contributed by atoms with Gasteiger partial charge in [-0.25, -0.2) is 4.98 Å². The van der Waals surface area contributed by atoms with Crippen molar-refractivity contribution in [3.63, 3.8) is 0 Å². The van der Waals surface area contributed by atoms with E-state index in [1.165, 1.54) is 5.56 Å². The van der Waals surface area contributed by atoms with E-state index in [9.17, 15) is 0 Å². The summed E-state index contributed by atoms with van der Waals surface area (Å²) >= 11 is 3.46. The van der Waals surface area contributed by atoms with Crippen molar-refractivity contribution in [3.8, 4) is 0 Å². The maximum Gasteiger partial charge on any atom is 0.229 e. The number of rotatable bonds is 5. The van der Waals surface area contributed by atoms with Crippen molar-refractivity contribution in [2.45, 2.75) is 19.8 Å². The highest BCUT2D eigenvalue weighted by molar-refractivity contribution is 9.10. The maximum absolute atomic E-state index is 4.54. The summed E-state index contributed by atoms with van der Waals surface area (Å²) in [6, 6.07) is 18.0. The van der Waals surface area contributed by atoms with Crippen LogP contribution in [0.15, 0.2) is 65.3 Å². The zero-order valence-electron chi connectivity index (χ0n) is 13.6. The molecule has 0 saturated heterocycles. The van der Waals surface area contributed by atoms with E-state index in [4.69, 9.17) is 0 Å². The quantitative estimate of drug-likeness (QED) is 0.580. The highest BCUT2D eigenvalue weighted by Gasteiger charge is 2.07. The van der Waals surface area contributed by atoms with Gasteiger partial charge >= 0.3 is 0 Å². The first-order valence-electron chi connectivity index (χ1n) is 7.83. The van der Waals surface area contributed by atoms with Crippen molar-refractivity contribution >= 4 is 39.1 Å². The van der Waals surface area contributed by atoms with Gasteiger partial charge in [-0.05, 0) is 41.8 Å². The minimum Gasteiger partial charge on any atom is -0.340 e. The van der Waals surface area contributed by atoms with E-state index in [1.807, 2.05) is 36.4 Å². The number of halogens is 1. The Kier molecular flexibility index (Phi) is 5.11. The van der Waals surface area contributed by atoms with Gasteiger partial charge in [0.1, 0.15) is 5.82 Å². The molecule has 0 radical (unpaired) electrons. The monoisotopic (exact) mass is 382 g/mol. The van der Waals surface area contributed by atoms with Gasteiger partial charge in [-0.2, -0.15) is 4.98 Å². The molecule has 24 heavy (non-hydrogen) atoms. The van der Waals surface area contributed by atoms with Crippen LogP contribution in [0.5, 0.6) is 0 Å². The highest BCUT2D eigenvalue weighted by atomic mass is 79.9. The van der Waals surface area contributed by atoms with E-state index in [0.717, 1.165) is 21.7 Å². The van der Waals surface area contributed by atoms with E-state index in [-0.39, 0.29) is 0 Å². The van der Waals surface area contributed by atoms with Crippen molar-refractivity contribution in [2.75, 3.05) is 10.6 Å². The summed E-state index contributed by atoms with van der Waals surface area (Å²) in [4.78, 5) is 8.83. The maximum atomic E-state index is 4.54. The SMILES string of the molecule is CC(C)c1ccccc1Nc1ccnc(Nc2cccc(Br)c2)n1. The van der Waals surface area contributed by atoms with Gasteiger partial charge in [0.15, 0.2) is 0 Å². The van der Waals surface area contributed by atoms with Gasteiger partial charge in [0, 0.05) is 22.0 Å². The van der Waals surface area contributed by atoms with Crippen LogP contribution < -0.4 is 10.6 Å². The first-order chi connectivity index (χ1) is 11.6. The Bertz CT molecular complexity index is 833. The Morgan fingerprint density at radius 2 is 1.79 bits per heavy atom. The van der Waals surface area contributed by atoms with E-state index in [1.54, 1.807) is 6.20 Å². The molecule has 1 heterocycles. The van der Waals surface area contributed by atoms with E-state index in [0.29, 0.717) is 11.9 Å². The van der Waals surface area contributed by atoms with Gasteiger partial charge in [0.2, 0.25) is 5.95 Å². The molecule has 0 amide bonds. The van der Waals surface area contributed by atoms with E-state index in [2.05, 4.69) is 68.6 Å². The second-order valence-corrected chi connectivity index (χ2v) is 6.68. The molecule has 2 aromatic carbocycles. The number of para-hydroxylation sites is 1. The molecule has 3 rings (SSSR count). The molecule has 0 atom stereocenters. The van der Waals surface area contributed by atoms with Crippen molar-refractivity contribution in [1.82, 2.24) is 9.97 Å². The van der Waals surface area contributed by atoms with E-state index >= 15 is 0 Å². The fourth-order valence-electron chi connectivity index (χ4n) is 2.44. The molecule has 0 unspecified atom stereocenters. The molecular formula is C19H19BrN4. The average Bonchev–Trinajstić information content (AvgIpc) is 2.55. The summed E-state index contributed by atoms with van der Waals surface area (Å²) in [5, 5.41) is 6.61. The Morgan fingerprint density at radius 3 is 2.58 bits per heavy atom. The molecule has 0 aliphatic rings. The zero-order chi connectivity index (χ0) is 16.9. The minimum absolute atomic E-state index is 0.440. The molecule has 0 aliphatic heterocycles. The van der Waals surface area contributed by atoms with Crippen LogP contribution >= 0.6 is 15.9 Å². The van der Waals surface area contributed by atoms with Crippen LogP contribution in [0.2, 0.25) is 0 Å². The third-order valence-corrected chi connectivity index (χ3v) is 4.08. The minimum atomic E-state index is 0.440. The molecule has 0 bridgehead atoms. The van der Waals surface area contributed by atoms with Crippen LogP contribution in [0.25, 0.3) is 0 Å². The Hall–Kier alpha value is -2.40. The summed E-state index contributed by atoms with van der Waals surface area (Å²) in [7, 11) is 0. The predicted molar refractivity (Wildman–Crippen MR) is 103 cm³/mol. The Labute approximate surface area is 150 Å². The second-order valence-electron chi connectivity index (χ2n) is 5.77. The predicted octanol–water partition coefficient (Wildman–Crippen LogP) is 5.85. The molecular weight excluding hydrogens is 364 g/mol. The van der Waals surface area contributed by atoms with Gasteiger partial charge in [-0.3, -0.25) is 0 Å². The molecule has 0 aliphatic carbocycles. The first kappa shape index (κ1) is 16.5. The Balaban J connectivity index is 1.81. The molecule has 4 nitrogen and oxygen atoms in total. The molecule has 0 spiro atoms. The van der Waals surface area contributed by atoms with Gasteiger partial charge in [-0.15, -0.1) is 0 Å². The molecule has 3 aromatic rings. The Morgan fingerprint density at radius 1 is 0.958 bits per heavy atom. The topological polar surface area (TPSA) is 49.8 Å². The number of hydrogen-bond donors (Lipinski definition) is 2. The molecule has 2 N–H and O–H groups in total. The lowest BCUT2D eigenvalue weighted by Gasteiger charge is -2.14. The lowest BCUT2D eigenvalue weighted by molar-refractivity contribution is 0.869. The molecule has 122 valence electrons. The molecule has 0 fully saturated rings. The largest absolute Gasteiger partial charge is 0.340 e. The number of anilines is 4. The van der Waals surface area contributed by atoms with Crippen LogP contribution in [0, 0.1) is 0 Å². The standard InChI is InChI=1S/C19H19BrN4/c1-13(2)16-8-3-4-9-17(16)23-18-10-11-21-19(24-18)22-15-7-5-6-14(20)12-15/h3-13H,1-2H3,(H2,21,22,23,24). The fraction of sp³-hybridized carbons (Fsp3) is 0.158. The van der Waals surface area contributed by atoms with Crippen LogP contribution in [-0.4, -0.2) is 9.97 Å². The number of nitrogens with one attached hydrogen (secondary N) is 2. The van der Waals surface area contributed by atoms with Crippen molar-refractivity contribution in [3.05, 3.63) is 70.8 Å². The van der Waals surface area contributed by atoms with Crippen molar-refractivity contribution < 1.29 is 0 Å². The van der Waals surface area contributed by atoms with Crippen LogP contribution in [0.1, 0.15) is 25.3 Å². The van der Waals surface area contributed by atoms with Crippen molar-refractivity contribution in [2.24, 2.45) is 0 Å². The molecule has 1 aromatic heterocycles. The zero-order valence-corrected chi connectivity index (χ0v) is 15.2. The number of benzene rings is 2. The number of aromatic nitrogens is 2. The number of nitrogens with zero attached hydrogens (tertiary/aromatic N) is 2. The third-order valence-electron chi connectivity index (χ3n) is 3.58. The van der Waals surface area contributed by atoms with Crippen LogP contribution in [0.3, 0.4) is 0 Å². The lowest BCUT2D eigenvalue weighted by atomic mass is 10.0. The molecule has 0 saturated carbocycles. The summed E-state index contributed by atoms with van der Waals surface area (Å²) in [5.41, 5.74) is 3.27. The smallest absolute Gasteiger partial charge is 0.229 e. The summed E-state index contributed by atoms with van der Waals surface area (Å²) < 4.78 is 1.01.